The number of methoxy groups -OCH3 is 1. The summed E-state index contributed by atoms with van der Waals surface area (Å²) in [7, 11) is 1.21. The summed E-state index contributed by atoms with van der Waals surface area (Å²) in [6, 6.07) is 3.28. The molecule has 0 unspecified atom stereocenters. The summed E-state index contributed by atoms with van der Waals surface area (Å²) in [5.74, 6) is -3.03. The van der Waals surface area contributed by atoms with Crippen molar-refractivity contribution in [2.45, 2.75) is 6.92 Å². The molecule has 0 atom stereocenters. The van der Waals surface area contributed by atoms with Gasteiger partial charge in [0.15, 0.2) is 15.2 Å². The maximum Gasteiger partial charge on any atom is 0.351 e. The maximum absolute atomic E-state index is 13.6. The lowest BCUT2D eigenvalue weighted by atomic mass is 10.3. The molecule has 0 aliphatic rings. The summed E-state index contributed by atoms with van der Waals surface area (Å²) in [6.07, 6.45) is 0. The largest absolute Gasteiger partial charge is 0.465 e. The Kier molecular flexibility index (Phi) is 6.27. The highest BCUT2D eigenvalue weighted by atomic mass is 35.5. The topological polar surface area (TPSA) is 71.5 Å². The summed E-state index contributed by atoms with van der Waals surface area (Å²) in [5.41, 5.74) is -0.518. The minimum absolute atomic E-state index is 0.0362. The van der Waals surface area contributed by atoms with Crippen LogP contribution in [0.4, 0.5) is 19.6 Å². The van der Waals surface area contributed by atoms with E-state index in [1.807, 2.05) is 0 Å². The van der Waals surface area contributed by atoms with Gasteiger partial charge in [-0.15, -0.1) is 0 Å². The molecule has 2 aromatic rings. The number of para-hydroxylation sites is 1. The van der Waals surface area contributed by atoms with Crippen molar-refractivity contribution >= 4 is 45.6 Å². The average molecular weight is 390 g/mol. The molecule has 0 fully saturated rings. The van der Waals surface area contributed by atoms with E-state index in [0.717, 1.165) is 23.5 Å². The van der Waals surface area contributed by atoms with E-state index >= 15 is 0 Å². The first-order valence-corrected chi connectivity index (χ1v) is 8.30. The van der Waals surface area contributed by atoms with Gasteiger partial charge in [-0.05, 0) is 19.1 Å². The molecule has 0 radical (unpaired) electrons. The van der Waals surface area contributed by atoms with Gasteiger partial charge in [-0.1, -0.05) is 29.0 Å². The number of carbonyl (C=O) groups excluding carboxylic acids is 2. The number of hydrogen-bond donors (Lipinski definition) is 1. The minimum Gasteiger partial charge on any atom is -0.465 e. The van der Waals surface area contributed by atoms with Gasteiger partial charge >= 0.3 is 5.97 Å². The number of ether oxygens (including phenoxy) is 1. The van der Waals surface area contributed by atoms with Crippen LogP contribution in [0.5, 0.6) is 0 Å². The quantitative estimate of drug-likeness (QED) is 0.767. The van der Waals surface area contributed by atoms with Crippen LogP contribution in [-0.4, -0.2) is 37.1 Å². The fraction of sp³-hybridized carbons (Fsp3) is 0.267. The molecule has 25 heavy (non-hydrogen) atoms. The van der Waals surface area contributed by atoms with Crippen molar-refractivity contribution in [1.82, 2.24) is 4.98 Å². The number of halogens is 3. The zero-order valence-electron chi connectivity index (χ0n) is 13.3. The predicted octanol–water partition coefficient (Wildman–Crippen LogP) is 3.33. The summed E-state index contributed by atoms with van der Waals surface area (Å²) in [6.45, 7) is 1.89. The molecule has 1 heterocycles. The van der Waals surface area contributed by atoms with Crippen LogP contribution in [0.2, 0.25) is 5.15 Å². The van der Waals surface area contributed by atoms with Gasteiger partial charge in [0.1, 0.15) is 17.3 Å². The number of nitrogens with zero attached hydrogens (tertiary/aromatic N) is 2. The highest BCUT2D eigenvalue weighted by molar-refractivity contribution is 7.18. The van der Waals surface area contributed by atoms with Crippen molar-refractivity contribution in [3.63, 3.8) is 0 Å². The number of anilines is 2. The van der Waals surface area contributed by atoms with E-state index in [0.29, 0.717) is 11.7 Å². The Balaban J connectivity index is 2.14. The van der Waals surface area contributed by atoms with E-state index in [1.54, 1.807) is 6.92 Å². The van der Waals surface area contributed by atoms with Gasteiger partial charge in [0.25, 0.3) is 0 Å². The molecule has 1 amide bonds. The minimum atomic E-state index is -0.873. The number of thiazole rings is 1. The summed E-state index contributed by atoms with van der Waals surface area (Å²) >= 11 is 6.86. The molecule has 1 aromatic carbocycles. The number of esters is 1. The van der Waals surface area contributed by atoms with E-state index in [2.05, 4.69) is 15.0 Å². The predicted molar refractivity (Wildman–Crippen MR) is 91.3 cm³/mol. The first kappa shape index (κ1) is 19.1. The van der Waals surface area contributed by atoms with Crippen LogP contribution < -0.4 is 10.2 Å². The van der Waals surface area contributed by atoms with Crippen molar-refractivity contribution in [3.8, 4) is 0 Å². The number of likely N-dealkylation sites (N-methyl/N-ethyl adjacent to an activating group) is 1. The van der Waals surface area contributed by atoms with E-state index in [4.69, 9.17) is 11.6 Å². The van der Waals surface area contributed by atoms with E-state index in [9.17, 15) is 18.4 Å². The van der Waals surface area contributed by atoms with Gasteiger partial charge in [0.05, 0.1) is 13.7 Å². The third-order valence-electron chi connectivity index (χ3n) is 3.16. The molecule has 0 saturated heterocycles. The summed E-state index contributed by atoms with van der Waals surface area (Å²) in [5, 5.41) is 2.47. The molecule has 0 bridgehead atoms. The van der Waals surface area contributed by atoms with Gasteiger partial charge in [-0.25, -0.2) is 18.6 Å². The fourth-order valence-electron chi connectivity index (χ4n) is 1.93. The second kappa shape index (κ2) is 8.21. The zero-order chi connectivity index (χ0) is 18.6. The van der Waals surface area contributed by atoms with Crippen LogP contribution >= 0.6 is 22.9 Å². The number of hydrogen-bond acceptors (Lipinski definition) is 6. The Morgan fingerprint density at radius 1 is 1.36 bits per heavy atom. The summed E-state index contributed by atoms with van der Waals surface area (Å²) < 4.78 is 31.8. The van der Waals surface area contributed by atoms with Crippen molar-refractivity contribution in [2.75, 3.05) is 30.4 Å². The summed E-state index contributed by atoms with van der Waals surface area (Å²) in [4.78, 5) is 29.3. The third-order valence-corrected chi connectivity index (χ3v) is 4.64. The molecule has 1 N–H and O–H groups in total. The lowest BCUT2D eigenvalue weighted by molar-refractivity contribution is -0.115. The zero-order valence-corrected chi connectivity index (χ0v) is 14.9. The Bertz CT molecular complexity index is 780. The van der Waals surface area contributed by atoms with E-state index in [1.165, 1.54) is 18.1 Å². The standard InChI is InChI=1S/C15H14ClF2N3O3S/c1-3-21(15-20-13(16)12(25-15)14(23)24-2)7-10(22)19-11-8(17)5-4-6-9(11)18/h4-6H,3,7H2,1-2H3,(H,19,22). The third kappa shape index (κ3) is 4.43. The van der Waals surface area contributed by atoms with Crippen LogP contribution in [0, 0.1) is 11.6 Å². The second-order valence-electron chi connectivity index (χ2n) is 4.77. The average Bonchev–Trinajstić information content (AvgIpc) is 2.97. The molecule has 2 rings (SSSR count). The lowest BCUT2D eigenvalue weighted by Gasteiger charge is -2.19. The van der Waals surface area contributed by atoms with Gasteiger partial charge in [-0.2, -0.15) is 0 Å². The Hall–Kier alpha value is -2.26. The van der Waals surface area contributed by atoms with Crippen molar-refractivity contribution in [1.29, 1.82) is 0 Å². The number of nitrogens with one attached hydrogen (secondary N) is 1. The number of aromatic nitrogens is 1. The SMILES string of the molecule is CCN(CC(=O)Nc1c(F)cccc1F)c1nc(Cl)c(C(=O)OC)s1. The Morgan fingerprint density at radius 2 is 2.00 bits per heavy atom. The van der Waals surface area contributed by atoms with Crippen LogP contribution in [0.3, 0.4) is 0 Å². The van der Waals surface area contributed by atoms with Gasteiger partial charge in [-0.3, -0.25) is 4.79 Å². The van der Waals surface area contributed by atoms with Crippen LogP contribution in [0.15, 0.2) is 18.2 Å². The molecule has 10 heteroatoms. The molecule has 134 valence electrons. The second-order valence-corrected chi connectivity index (χ2v) is 6.10. The fourth-order valence-corrected chi connectivity index (χ4v) is 3.19. The van der Waals surface area contributed by atoms with Crippen molar-refractivity contribution in [2.24, 2.45) is 0 Å². The maximum atomic E-state index is 13.6. The number of rotatable bonds is 6. The van der Waals surface area contributed by atoms with E-state index < -0.39 is 29.2 Å². The smallest absolute Gasteiger partial charge is 0.351 e. The van der Waals surface area contributed by atoms with E-state index in [-0.39, 0.29) is 16.6 Å². The van der Waals surface area contributed by atoms with Crippen molar-refractivity contribution in [3.05, 3.63) is 39.9 Å². The number of amides is 1. The van der Waals surface area contributed by atoms with Gasteiger partial charge in [0, 0.05) is 6.54 Å². The monoisotopic (exact) mass is 389 g/mol. The first-order chi connectivity index (χ1) is 11.9. The highest BCUT2D eigenvalue weighted by Gasteiger charge is 2.22. The van der Waals surface area contributed by atoms with Crippen LogP contribution in [0.1, 0.15) is 16.6 Å². The number of carbonyl (C=O) groups is 2. The van der Waals surface area contributed by atoms with Crippen LogP contribution in [0.25, 0.3) is 0 Å². The molecular formula is C15H14ClF2N3O3S. The highest BCUT2D eigenvalue weighted by Crippen LogP contribution is 2.30. The van der Waals surface area contributed by atoms with Gasteiger partial charge in [0.2, 0.25) is 5.91 Å². The molecule has 1 aromatic heterocycles. The Morgan fingerprint density at radius 3 is 2.56 bits per heavy atom. The lowest BCUT2D eigenvalue weighted by Crippen LogP contribution is -2.33. The molecular weight excluding hydrogens is 376 g/mol. The molecule has 0 saturated carbocycles. The number of benzene rings is 1. The van der Waals surface area contributed by atoms with Crippen LogP contribution in [-0.2, 0) is 9.53 Å². The molecule has 0 aliphatic carbocycles. The molecule has 0 spiro atoms. The normalized spacial score (nSPS) is 10.4. The molecule has 6 nitrogen and oxygen atoms in total. The van der Waals surface area contributed by atoms with Crippen molar-refractivity contribution < 1.29 is 23.1 Å². The first-order valence-electron chi connectivity index (χ1n) is 7.10. The van der Waals surface area contributed by atoms with Gasteiger partial charge < -0.3 is 15.0 Å². The molecule has 0 aliphatic heterocycles. The Labute approximate surface area is 151 Å².